The maximum absolute atomic E-state index is 12.1. The predicted octanol–water partition coefficient (Wildman–Crippen LogP) is 2.53. The van der Waals surface area contributed by atoms with Gasteiger partial charge in [0.1, 0.15) is 0 Å². The van der Waals surface area contributed by atoms with E-state index in [4.69, 9.17) is 0 Å². The van der Waals surface area contributed by atoms with Gasteiger partial charge in [-0.2, -0.15) is 0 Å². The molecule has 1 aliphatic rings. The molecular weight excluding hydrogens is 346 g/mol. The van der Waals surface area contributed by atoms with Gasteiger partial charge >= 0.3 is 0 Å². The number of carbonyl (C=O) groups is 1. The zero-order chi connectivity index (χ0) is 18.8. The fourth-order valence-corrected chi connectivity index (χ4v) is 3.99. The topological polar surface area (TPSA) is 60.0 Å². The molecular formula is C19H33N5OS. The van der Waals surface area contributed by atoms with E-state index in [2.05, 4.69) is 45.0 Å². The average molecular weight is 380 g/mol. The molecule has 1 aromatic rings. The van der Waals surface area contributed by atoms with Crippen molar-refractivity contribution in [3.63, 3.8) is 0 Å². The Morgan fingerprint density at radius 3 is 2.62 bits per heavy atom. The molecule has 0 aromatic carbocycles. The van der Waals surface area contributed by atoms with Gasteiger partial charge in [-0.1, -0.05) is 0 Å². The highest BCUT2D eigenvalue weighted by Gasteiger charge is 2.20. The molecule has 1 aromatic heterocycles. The maximum Gasteiger partial charge on any atom is 0.224 e. The van der Waals surface area contributed by atoms with E-state index >= 15 is 0 Å². The standard InChI is InChI=1S/C19H33N5OS/c1-4-20-19(21-12-9-17(25)23(5-2)6-3)22-16-10-13-24(14-11-16)18-8-7-15-26-18/h7-8,15-16H,4-6,9-14H2,1-3H3,(H2,20,21,22). The second kappa shape index (κ2) is 11.1. The normalized spacial score (nSPS) is 15.8. The number of nitrogens with one attached hydrogen (secondary N) is 2. The van der Waals surface area contributed by atoms with Crippen molar-refractivity contribution in [2.75, 3.05) is 44.2 Å². The number of carbonyl (C=O) groups excluding carboxylic acids is 1. The summed E-state index contributed by atoms with van der Waals surface area (Å²) in [5.74, 6) is 1.01. The highest BCUT2D eigenvalue weighted by atomic mass is 32.1. The van der Waals surface area contributed by atoms with Crippen LogP contribution < -0.4 is 15.5 Å². The van der Waals surface area contributed by atoms with Crippen molar-refractivity contribution in [3.05, 3.63) is 17.5 Å². The molecule has 1 fully saturated rings. The van der Waals surface area contributed by atoms with Crippen LogP contribution in [0.1, 0.15) is 40.0 Å². The number of hydrogen-bond donors (Lipinski definition) is 2. The van der Waals surface area contributed by atoms with E-state index in [0.717, 1.165) is 51.5 Å². The molecule has 26 heavy (non-hydrogen) atoms. The van der Waals surface area contributed by atoms with Crippen LogP contribution in [-0.4, -0.2) is 62.1 Å². The third kappa shape index (κ3) is 6.20. The summed E-state index contributed by atoms with van der Waals surface area (Å²) < 4.78 is 0. The molecule has 2 heterocycles. The zero-order valence-corrected chi connectivity index (χ0v) is 17.1. The number of nitrogens with zero attached hydrogens (tertiary/aromatic N) is 3. The number of hydrogen-bond acceptors (Lipinski definition) is 4. The molecule has 0 unspecified atom stereocenters. The SMILES string of the molecule is CCNC(=NCCC(=O)N(CC)CC)NC1CCN(c2cccs2)CC1. The van der Waals surface area contributed by atoms with Crippen LogP contribution in [0.3, 0.4) is 0 Å². The Labute approximate surface area is 161 Å². The summed E-state index contributed by atoms with van der Waals surface area (Å²) in [4.78, 5) is 21.0. The summed E-state index contributed by atoms with van der Waals surface area (Å²) in [5.41, 5.74) is 0. The van der Waals surface area contributed by atoms with E-state index in [9.17, 15) is 4.79 Å². The van der Waals surface area contributed by atoms with Crippen LogP contribution in [0.2, 0.25) is 0 Å². The van der Waals surface area contributed by atoms with Crippen molar-refractivity contribution in [2.24, 2.45) is 4.99 Å². The van der Waals surface area contributed by atoms with Crippen molar-refractivity contribution >= 4 is 28.2 Å². The van der Waals surface area contributed by atoms with Gasteiger partial charge in [0.2, 0.25) is 5.91 Å². The maximum atomic E-state index is 12.1. The third-order valence-electron chi connectivity index (χ3n) is 4.71. The van der Waals surface area contributed by atoms with Crippen LogP contribution in [0.4, 0.5) is 5.00 Å². The first-order valence-electron chi connectivity index (χ1n) is 9.78. The van der Waals surface area contributed by atoms with E-state index in [1.54, 1.807) is 11.3 Å². The monoisotopic (exact) mass is 379 g/mol. The highest BCUT2D eigenvalue weighted by molar-refractivity contribution is 7.14. The summed E-state index contributed by atoms with van der Waals surface area (Å²) in [5, 5.41) is 10.3. The van der Waals surface area contributed by atoms with Crippen LogP contribution in [-0.2, 0) is 4.79 Å². The van der Waals surface area contributed by atoms with E-state index in [1.165, 1.54) is 5.00 Å². The lowest BCUT2D eigenvalue weighted by Gasteiger charge is -2.33. The van der Waals surface area contributed by atoms with E-state index < -0.39 is 0 Å². The average Bonchev–Trinajstić information content (AvgIpc) is 3.18. The minimum absolute atomic E-state index is 0.179. The molecule has 2 N–H and O–H groups in total. The van der Waals surface area contributed by atoms with E-state index in [-0.39, 0.29) is 5.91 Å². The van der Waals surface area contributed by atoms with Crippen LogP contribution in [0.15, 0.2) is 22.5 Å². The second-order valence-corrected chi connectivity index (χ2v) is 7.36. The van der Waals surface area contributed by atoms with Gasteiger partial charge in [-0.3, -0.25) is 9.79 Å². The number of guanidine groups is 1. The lowest BCUT2D eigenvalue weighted by Crippen LogP contribution is -2.48. The Bertz CT molecular complexity index is 548. The molecule has 0 saturated carbocycles. The number of anilines is 1. The van der Waals surface area contributed by atoms with Crippen molar-refractivity contribution < 1.29 is 4.79 Å². The number of rotatable bonds is 8. The molecule has 0 atom stereocenters. The Kier molecular flexibility index (Phi) is 8.74. The van der Waals surface area contributed by atoms with Crippen LogP contribution >= 0.6 is 11.3 Å². The summed E-state index contributed by atoms with van der Waals surface area (Å²) in [6.07, 6.45) is 2.66. The third-order valence-corrected chi connectivity index (χ3v) is 5.64. The summed E-state index contributed by atoms with van der Waals surface area (Å²) >= 11 is 1.81. The van der Waals surface area contributed by atoms with Crippen molar-refractivity contribution in [3.8, 4) is 0 Å². The lowest BCUT2D eigenvalue weighted by molar-refractivity contribution is -0.130. The molecule has 1 saturated heterocycles. The first kappa shape index (κ1) is 20.6. The highest BCUT2D eigenvalue weighted by Crippen LogP contribution is 2.24. The summed E-state index contributed by atoms with van der Waals surface area (Å²) in [7, 11) is 0. The fourth-order valence-electron chi connectivity index (χ4n) is 3.21. The van der Waals surface area contributed by atoms with Crippen molar-refractivity contribution in [1.29, 1.82) is 0 Å². The molecule has 6 nitrogen and oxygen atoms in total. The fraction of sp³-hybridized carbons (Fsp3) is 0.684. The van der Waals surface area contributed by atoms with Gasteiger partial charge in [0.25, 0.3) is 0 Å². The summed E-state index contributed by atoms with van der Waals surface area (Å²) in [6, 6.07) is 4.74. The molecule has 0 bridgehead atoms. The minimum atomic E-state index is 0.179. The largest absolute Gasteiger partial charge is 0.363 e. The van der Waals surface area contributed by atoms with Gasteiger partial charge in [-0.25, -0.2) is 0 Å². The minimum Gasteiger partial charge on any atom is -0.363 e. The number of thiophene rings is 1. The van der Waals surface area contributed by atoms with Crippen molar-refractivity contribution in [2.45, 2.75) is 46.1 Å². The molecule has 7 heteroatoms. The van der Waals surface area contributed by atoms with E-state index in [0.29, 0.717) is 19.0 Å². The first-order chi connectivity index (χ1) is 12.7. The van der Waals surface area contributed by atoms with Gasteiger partial charge in [0, 0.05) is 45.2 Å². The van der Waals surface area contributed by atoms with Gasteiger partial charge in [-0.15, -0.1) is 11.3 Å². The molecule has 0 spiro atoms. The molecule has 0 aliphatic carbocycles. The molecule has 1 aliphatic heterocycles. The van der Waals surface area contributed by atoms with Crippen LogP contribution in [0.5, 0.6) is 0 Å². The van der Waals surface area contributed by atoms with Crippen molar-refractivity contribution in [1.82, 2.24) is 15.5 Å². The first-order valence-corrected chi connectivity index (χ1v) is 10.7. The second-order valence-electron chi connectivity index (χ2n) is 6.43. The van der Waals surface area contributed by atoms with E-state index in [1.807, 2.05) is 18.7 Å². The quantitative estimate of drug-likeness (QED) is 0.538. The Morgan fingerprint density at radius 2 is 2.04 bits per heavy atom. The lowest BCUT2D eigenvalue weighted by atomic mass is 10.1. The Hall–Kier alpha value is -1.76. The Morgan fingerprint density at radius 1 is 1.31 bits per heavy atom. The van der Waals surface area contributed by atoms with Crippen LogP contribution in [0, 0.1) is 0 Å². The number of aliphatic imine (C=N–C) groups is 1. The van der Waals surface area contributed by atoms with Crippen LogP contribution in [0.25, 0.3) is 0 Å². The van der Waals surface area contributed by atoms with Gasteiger partial charge < -0.3 is 20.4 Å². The smallest absolute Gasteiger partial charge is 0.224 e. The summed E-state index contributed by atoms with van der Waals surface area (Å²) in [6.45, 7) is 11.1. The number of piperidine rings is 1. The molecule has 1 amide bonds. The van der Waals surface area contributed by atoms with Gasteiger partial charge in [0.05, 0.1) is 11.5 Å². The van der Waals surface area contributed by atoms with Gasteiger partial charge in [-0.05, 0) is 51.1 Å². The molecule has 0 radical (unpaired) electrons. The Balaban J connectivity index is 1.79. The predicted molar refractivity (Wildman–Crippen MR) is 111 cm³/mol. The molecule has 2 rings (SSSR count). The zero-order valence-electron chi connectivity index (χ0n) is 16.3. The molecule has 146 valence electrons. The van der Waals surface area contributed by atoms with Gasteiger partial charge in [0.15, 0.2) is 5.96 Å². The number of amides is 1.